The van der Waals surface area contributed by atoms with E-state index in [-0.39, 0.29) is 17.4 Å². The minimum atomic E-state index is -3.52. The molecule has 0 fully saturated rings. The van der Waals surface area contributed by atoms with Crippen molar-refractivity contribution in [2.45, 2.75) is 44.4 Å². The Hall–Kier alpha value is -2.38. The molecular weight excluding hydrogens is 376 g/mol. The van der Waals surface area contributed by atoms with Gasteiger partial charge in [-0.15, -0.1) is 0 Å². The standard InChI is InChI=1S/C21H28N2O4S/c1-4-5-14-22-28(25,26)20-12-10-19(11-13-20)27-15-21(24)23-18-8-6-17(7-9-18)16(2)3/h6-13,16,22H,4-5,14-15H2,1-3H3,(H,23,24). The number of amides is 1. The molecule has 2 N–H and O–H groups in total. The molecule has 0 aliphatic heterocycles. The van der Waals surface area contributed by atoms with Crippen LogP contribution < -0.4 is 14.8 Å². The summed E-state index contributed by atoms with van der Waals surface area (Å²) in [5.41, 5.74) is 1.91. The molecule has 2 aromatic rings. The van der Waals surface area contributed by atoms with Gasteiger partial charge in [0.2, 0.25) is 10.0 Å². The zero-order valence-corrected chi connectivity index (χ0v) is 17.4. The lowest BCUT2D eigenvalue weighted by molar-refractivity contribution is -0.118. The molecule has 0 bridgehead atoms. The van der Waals surface area contributed by atoms with Gasteiger partial charge in [0.1, 0.15) is 5.75 Å². The summed E-state index contributed by atoms with van der Waals surface area (Å²) < 4.78 is 32.3. The highest BCUT2D eigenvalue weighted by Gasteiger charge is 2.13. The molecule has 0 saturated carbocycles. The van der Waals surface area contributed by atoms with Crippen molar-refractivity contribution in [2.24, 2.45) is 0 Å². The Morgan fingerprint density at radius 2 is 1.68 bits per heavy atom. The molecule has 6 nitrogen and oxygen atoms in total. The van der Waals surface area contributed by atoms with Crippen LogP contribution in [0.15, 0.2) is 53.4 Å². The SMILES string of the molecule is CCCCNS(=O)(=O)c1ccc(OCC(=O)Nc2ccc(C(C)C)cc2)cc1. The van der Waals surface area contributed by atoms with Crippen LogP contribution in [-0.4, -0.2) is 27.5 Å². The number of sulfonamides is 1. The highest BCUT2D eigenvalue weighted by atomic mass is 32.2. The number of unbranched alkanes of at least 4 members (excludes halogenated alkanes) is 1. The smallest absolute Gasteiger partial charge is 0.262 e. The number of carbonyl (C=O) groups is 1. The van der Waals surface area contributed by atoms with Gasteiger partial charge in [-0.1, -0.05) is 39.3 Å². The van der Waals surface area contributed by atoms with Gasteiger partial charge in [-0.25, -0.2) is 13.1 Å². The minimum absolute atomic E-state index is 0.160. The molecule has 0 unspecified atom stereocenters. The molecule has 0 aliphatic rings. The fourth-order valence-corrected chi connectivity index (χ4v) is 3.55. The van der Waals surface area contributed by atoms with E-state index < -0.39 is 10.0 Å². The van der Waals surface area contributed by atoms with Gasteiger partial charge < -0.3 is 10.1 Å². The zero-order chi connectivity index (χ0) is 20.6. The summed E-state index contributed by atoms with van der Waals surface area (Å²) in [5.74, 6) is 0.578. The summed E-state index contributed by atoms with van der Waals surface area (Å²) >= 11 is 0. The predicted molar refractivity (Wildman–Crippen MR) is 111 cm³/mol. The van der Waals surface area contributed by atoms with Crippen molar-refractivity contribution in [1.29, 1.82) is 0 Å². The number of rotatable bonds is 10. The molecule has 0 saturated heterocycles. The Morgan fingerprint density at radius 3 is 2.25 bits per heavy atom. The monoisotopic (exact) mass is 404 g/mol. The largest absolute Gasteiger partial charge is 0.484 e. The summed E-state index contributed by atoms with van der Waals surface area (Å²) in [6.45, 7) is 6.47. The first kappa shape index (κ1) is 21.9. The number of benzene rings is 2. The molecule has 152 valence electrons. The number of hydrogen-bond acceptors (Lipinski definition) is 4. The summed E-state index contributed by atoms with van der Waals surface area (Å²) in [7, 11) is -3.52. The van der Waals surface area contributed by atoms with E-state index in [0.717, 1.165) is 12.8 Å². The Balaban J connectivity index is 1.86. The Labute approximate surface area is 167 Å². The summed E-state index contributed by atoms with van der Waals surface area (Å²) in [5, 5.41) is 2.77. The maximum atomic E-state index is 12.1. The molecule has 2 rings (SSSR count). The number of nitrogens with one attached hydrogen (secondary N) is 2. The van der Waals surface area contributed by atoms with Gasteiger partial charge in [-0.05, 0) is 54.3 Å². The van der Waals surface area contributed by atoms with E-state index in [4.69, 9.17) is 4.74 Å². The van der Waals surface area contributed by atoms with Crippen LogP contribution in [0.5, 0.6) is 5.75 Å². The number of ether oxygens (including phenoxy) is 1. The average molecular weight is 405 g/mol. The molecule has 0 atom stereocenters. The third-order valence-electron chi connectivity index (χ3n) is 4.19. The van der Waals surface area contributed by atoms with Crippen molar-refractivity contribution in [2.75, 3.05) is 18.5 Å². The lowest BCUT2D eigenvalue weighted by Crippen LogP contribution is -2.24. The quantitative estimate of drug-likeness (QED) is 0.588. The second kappa shape index (κ2) is 10.2. The highest BCUT2D eigenvalue weighted by Crippen LogP contribution is 2.18. The second-order valence-corrected chi connectivity index (χ2v) is 8.60. The van der Waals surface area contributed by atoms with Crippen LogP contribution in [-0.2, 0) is 14.8 Å². The normalized spacial score (nSPS) is 11.4. The molecule has 0 aromatic heterocycles. The first-order valence-electron chi connectivity index (χ1n) is 9.44. The van der Waals surface area contributed by atoms with E-state index in [1.165, 1.54) is 17.7 Å². The lowest BCUT2D eigenvalue weighted by atomic mass is 10.0. The topological polar surface area (TPSA) is 84.5 Å². The van der Waals surface area contributed by atoms with Crippen LogP contribution in [0.3, 0.4) is 0 Å². The van der Waals surface area contributed by atoms with Gasteiger partial charge in [0, 0.05) is 12.2 Å². The summed E-state index contributed by atoms with van der Waals surface area (Å²) in [6.07, 6.45) is 1.70. The van der Waals surface area contributed by atoms with Crippen LogP contribution in [0.4, 0.5) is 5.69 Å². The predicted octanol–water partition coefficient (Wildman–Crippen LogP) is 3.91. The van der Waals surface area contributed by atoms with Gasteiger partial charge in [0.15, 0.2) is 6.61 Å². The zero-order valence-electron chi connectivity index (χ0n) is 16.6. The van der Waals surface area contributed by atoms with Crippen molar-refractivity contribution < 1.29 is 17.9 Å². The first-order valence-corrected chi connectivity index (χ1v) is 10.9. The van der Waals surface area contributed by atoms with Crippen LogP contribution in [0.25, 0.3) is 0 Å². The molecule has 2 aromatic carbocycles. The molecule has 0 aliphatic carbocycles. The van der Waals surface area contributed by atoms with E-state index in [1.807, 2.05) is 31.2 Å². The fraction of sp³-hybridized carbons (Fsp3) is 0.381. The van der Waals surface area contributed by atoms with Gasteiger partial charge >= 0.3 is 0 Å². The average Bonchev–Trinajstić information content (AvgIpc) is 2.67. The Bertz CT molecular complexity index is 860. The van der Waals surface area contributed by atoms with E-state index in [1.54, 1.807) is 12.1 Å². The van der Waals surface area contributed by atoms with Crippen LogP contribution in [0, 0.1) is 0 Å². The number of carbonyl (C=O) groups excluding carboxylic acids is 1. The molecule has 0 heterocycles. The second-order valence-electron chi connectivity index (χ2n) is 6.84. The Morgan fingerprint density at radius 1 is 1.04 bits per heavy atom. The third-order valence-corrected chi connectivity index (χ3v) is 5.66. The third kappa shape index (κ3) is 6.65. The Kier molecular flexibility index (Phi) is 8.02. The van der Waals surface area contributed by atoms with Gasteiger partial charge in [0.05, 0.1) is 4.90 Å². The molecule has 7 heteroatoms. The van der Waals surface area contributed by atoms with Crippen LogP contribution >= 0.6 is 0 Å². The van der Waals surface area contributed by atoms with Crippen molar-refractivity contribution in [3.05, 3.63) is 54.1 Å². The fourth-order valence-electron chi connectivity index (χ4n) is 2.48. The van der Waals surface area contributed by atoms with Gasteiger partial charge in [-0.3, -0.25) is 4.79 Å². The van der Waals surface area contributed by atoms with Crippen molar-refractivity contribution in [1.82, 2.24) is 4.72 Å². The molecular formula is C21H28N2O4S. The van der Waals surface area contributed by atoms with E-state index >= 15 is 0 Å². The summed E-state index contributed by atoms with van der Waals surface area (Å²) in [6, 6.07) is 13.7. The maximum absolute atomic E-state index is 12.1. The van der Waals surface area contributed by atoms with E-state index in [0.29, 0.717) is 23.9 Å². The van der Waals surface area contributed by atoms with Crippen molar-refractivity contribution >= 4 is 21.6 Å². The highest BCUT2D eigenvalue weighted by molar-refractivity contribution is 7.89. The first-order chi connectivity index (χ1) is 13.3. The van der Waals surface area contributed by atoms with Gasteiger partial charge in [0.25, 0.3) is 5.91 Å². The van der Waals surface area contributed by atoms with Gasteiger partial charge in [-0.2, -0.15) is 0 Å². The molecule has 1 amide bonds. The molecule has 0 spiro atoms. The van der Waals surface area contributed by atoms with Crippen LogP contribution in [0.1, 0.15) is 45.1 Å². The minimum Gasteiger partial charge on any atom is -0.484 e. The number of hydrogen-bond donors (Lipinski definition) is 2. The number of anilines is 1. The summed E-state index contributed by atoms with van der Waals surface area (Å²) in [4.78, 5) is 12.2. The van der Waals surface area contributed by atoms with Crippen molar-refractivity contribution in [3.8, 4) is 5.75 Å². The van der Waals surface area contributed by atoms with E-state index in [2.05, 4.69) is 23.9 Å². The van der Waals surface area contributed by atoms with Crippen LogP contribution in [0.2, 0.25) is 0 Å². The lowest BCUT2D eigenvalue weighted by Gasteiger charge is -2.10. The van der Waals surface area contributed by atoms with E-state index in [9.17, 15) is 13.2 Å². The molecule has 28 heavy (non-hydrogen) atoms. The van der Waals surface area contributed by atoms with Crippen molar-refractivity contribution in [3.63, 3.8) is 0 Å². The molecule has 0 radical (unpaired) electrons. The maximum Gasteiger partial charge on any atom is 0.262 e.